The van der Waals surface area contributed by atoms with Gasteiger partial charge in [0, 0.05) is 80.0 Å². The zero-order valence-corrected chi connectivity index (χ0v) is 55.2. The number of piperidine rings is 2. The van der Waals surface area contributed by atoms with Gasteiger partial charge in [0.1, 0.15) is 59.6 Å². The van der Waals surface area contributed by atoms with E-state index in [4.69, 9.17) is 0 Å². The summed E-state index contributed by atoms with van der Waals surface area (Å²) >= 11 is 0. The van der Waals surface area contributed by atoms with Gasteiger partial charge in [-0.05, 0) is 149 Å². The van der Waals surface area contributed by atoms with Crippen LogP contribution in [0.2, 0.25) is 0 Å². The molecular formula is C71H97F6N13O2. The van der Waals surface area contributed by atoms with Gasteiger partial charge in [-0.1, -0.05) is 89.3 Å². The van der Waals surface area contributed by atoms with Crippen molar-refractivity contribution in [2.45, 2.75) is 194 Å². The average Bonchev–Trinajstić information content (AvgIpc) is 1.48. The Morgan fingerprint density at radius 2 is 1.40 bits per heavy atom. The molecule has 1 unspecified atom stereocenters. The van der Waals surface area contributed by atoms with E-state index in [9.17, 15) is 23.6 Å². The highest BCUT2D eigenvalue weighted by Gasteiger charge is 2.48. The van der Waals surface area contributed by atoms with Crippen LogP contribution in [0.4, 0.5) is 43.7 Å². The van der Waals surface area contributed by atoms with Crippen molar-refractivity contribution >= 4 is 39.4 Å². The van der Waals surface area contributed by atoms with Gasteiger partial charge in [-0.15, -0.1) is 0 Å². The van der Waals surface area contributed by atoms with E-state index in [1.54, 1.807) is 34.3 Å². The molecule has 4 aromatic heterocycles. The van der Waals surface area contributed by atoms with Crippen molar-refractivity contribution < 1.29 is 26.3 Å². The Bertz CT molecular complexity index is 3570. The predicted octanol–water partition coefficient (Wildman–Crippen LogP) is 14.4. The molecule has 8 bridgehead atoms. The van der Waals surface area contributed by atoms with Crippen LogP contribution in [0, 0.1) is 40.7 Å². The highest BCUT2D eigenvalue weighted by Crippen LogP contribution is 2.48. The fourth-order valence-corrected chi connectivity index (χ4v) is 14.0. The van der Waals surface area contributed by atoms with Gasteiger partial charge in [-0.3, -0.25) is 28.0 Å². The molecular weight excluding hydrogens is 1180 g/mol. The second-order valence-corrected chi connectivity index (χ2v) is 26.5. The second-order valence-electron chi connectivity index (χ2n) is 26.5. The van der Waals surface area contributed by atoms with E-state index in [-0.39, 0.29) is 34.8 Å². The van der Waals surface area contributed by atoms with Gasteiger partial charge in [0.25, 0.3) is 17.0 Å². The predicted molar refractivity (Wildman–Crippen MR) is 355 cm³/mol. The van der Waals surface area contributed by atoms with Crippen LogP contribution in [0.25, 0.3) is 22.1 Å². The number of fused-ring (bicyclic) bond motifs is 10. The molecule has 1 saturated carbocycles. The molecule has 500 valence electrons. The Labute approximate surface area is 539 Å². The minimum absolute atomic E-state index is 0.0265. The smallest absolute Gasteiger partial charge is 0.278 e. The summed E-state index contributed by atoms with van der Waals surface area (Å²) in [5.41, 5.74) is 0.908. The molecule has 6 aromatic rings. The summed E-state index contributed by atoms with van der Waals surface area (Å²) in [5.74, 6) is -4.14. The molecule has 15 nitrogen and oxygen atoms in total. The lowest BCUT2D eigenvalue weighted by atomic mass is 9.85. The van der Waals surface area contributed by atoms with Crippen molar-refractivity contribution in [2.75, 3.05) is 87.7 Å². The van der Waals surface area contributed by atoms with Gasteiger partial charge in [-0.25, -0.2) is 41.9 Å². The van der Waals surface area contributed by atoms with E-state index in [2.05, 4.69) is 77.0 Å². The minimum atomic E-state index is -3.29. The normalized spacial score (nSPS) is 21.7. The highest BCUT2D eigenvalue weighted by molar-refractivity contribution is 5.90. The number of nitrogens with one attached hydrogen (secondary N) is 2. The molecule has 3 saturated heterocycles. The Morgan fingerprint density at radius 1 is 0.717 bits per heavy atom. The number of hydrogen-bond acceptors (Lipinski definition) is 13. The fraction of sp³-hybridized carbons (Fsp3) is 0.620. The van der Waals surface area contributed by atoms with Gasteiger partial charge in [-0.2, -0.15) is 5.26 Å². The fourth-order valence-electron chi connectivity index (χ4n) is 14.0. The summed E-state index contributed by atoms with van der Waals surface area (Å²) in [7, 11) is 0. The summed E-state index contributed by atoms with van der Waals surface area (Å²) in [4.78, 5) is 55.1. The largest absolute Gasteiger partial charge is 0.364 e. The number of nitriles is 1. The lowest BCUT2D eigenvalue weighted by molar-refractivity contribution is -0.0886. The molecule has 5 aliphatic heterocycles. The number of piperazine rings is 1. The van der Waals surface area contributed by atoms with Gasteiger partial charge in [0.05, 0.1) is 46.6 Å². The summed E-state index contributed by atoms with van der Waals surface area (Å²) < 4.78 is 92.5. The van der Waals surface area contributed by atoms with Gasteiger partial charge in [0.15, 0.2) is 0 Å². The van der Waals surface area contributed by atoms with Crippen LogP contribution in [0.5, 0.6) is 0 Å². The van der Waals surface area contributed by atoms with Crippen LogP contribution in [-0.2, 0) is 31.1 Å². The zero-order valence-electron chi connectivity index (χ0n) is 55.2. The van der Waals surface area contributed by atoms with E-state index < -0.39 is 53.2 Å². The number of benzene rings is 2. The number of hydrogen-bond donors (Lipinski definition) is 2. The maximum absolute atomic E-state index is 15.9. The van der Waals surface area contributed by atoms with E-state index in [0.717, 1.165) is 123 Å². The number of alkyl halides is 4. The third-order valence-electron chi connectivity index (χ3n) is 19.9. The maximum atomic E-state index is 15.9. The lowest BCUT2D eigenvalue weighted by Crippen LogP contribution is -2.50. The summed E-state index contributed by atoms with van der Waals surface area (Å²) in [5, 5.41) is 17.8. The highest BCUT2D eigenvalue weighted by atomic mass is 19.3. The summed E-state index contributed by atoms with van der Waals surface area (Å²) in [6.07, 6.45) is 15.5. The number of unbranched alkanes of at least 4 members (excludes halogenated alkanes) is 4. The van der Waals surface area contributed by atoms with Crippen LogP contribution in [0.1, 0.15) is 185 Å². The molecule has 9 heterocycles. The first-order valence-electron chi connectivity index (χ1n) is 34.2. The van der Waals surface area contributed by atoms with Crippen molar-refractivity contribution in [3.63, 3.8) is 0 Å². The van der Waals surface area contributed by atoms with Crippen molar-refractivity contribution in [2.24, 2.45) is 17.8 Å². The summed E-state index contributed by atoms with van der Waals surface area (Å²) in [6.45, 7) is 22.4. The second kappa shape index (κ2) is 32.0. The van der Waals surface area contributed by atoms with Crippen LogP contribution in [0.15, 0.2) is 70.8 Å². The molecule has 0 spiro atoms. The van der Waals surface area contributed by atoms with Crippen LogP contribution in [-0.4, -0.2) is 122 Å². The van der Waals surface area contributed by atoms with Crippen LogP contribution < -0.4 is 26.7 Å². The first-order valence-corrected chi connectivity index (χ1v) is 34.2. The molecule has 3 atom stereocenters. The quantitative estimate of drug-likeness (QED) is 0.0698. The zero-order chi connectivity index (χ0) is 65.7. The van der Waals surface area contributed by atoms with Crippen molar-refractivity contribution in [1.29, 1.82) is 5.26 Å². The molecule has 2 aromatic carbocycles. The molecule has 0 amide bonds. The van der Waals surface area contributed by atoms with E-state index in [1.807, 2.05) is 26.8 Å². The number of pyridine rings is 2. The van der Waals surface area contributed by atoms with E-state index in [1.165, 1.54) is 36.9 Å². The third kappa shape index (κ3) is 16.1. The van der Waals surface area contributed by atoms with Gasteiger partial charge >= 0.3 is 0 Å². The summed E-state index contributed by atoms with van der Waals surface area (Å²) in [6, 6.07) is 14.2. The van der Waals surface area contributed by atoms with Crippen LogP contribution in [0.3, 0.4) is 0 Å². The number of rotatable bonds is 16. The van der Waals surface area contributed by atoms with Crippen LogP contribution >= 0.6 is 0 Å². The van der Waals surface area contributed by atoms with Crippen molar-refractivity contribution in [3.05, 3.63) is 121 Å². The first-order chi connectivity index (χ1) is 44.4. The topological polar surface area (TPSA) is 156 Å². The van der Waals surface area contributed by atoms with E-state index in [0.29, 0.717) is 114 Å². The Morgan fingerprint density at radius 3 is 2.09 bits per heavy atom. The molecule has 21 heteroatoms. The molecule has 1 aliphatic carbocycles. The monoisotopic (exact) mass is 1280 g/mol. The molecule has 92 heavy (non-hydrogen) atoms. The van der Waals surface area contributed by atoms with Gasteiger partial charge < -0.3 is 25.3 Å². The Kier molecular flexibility index (Phi) is 24.2. The standard InChI is InChI=1S/C36H52F3N7O.C33H39F3N6O.C2H6/c1-26(2)44-18-20-45(21-19-44)32-22-31-34(42-27(3)30-11-9-10-29(24-38)33(30)39)40-25-41-35(31)46(36(32)47)15-8-6-4-5-7-14-43-16-12-28(23-37)13-17-43;1-21-7-4-3-5-14-42-30-25(17-27(31(42)43)32(19-37)12-13-32)29(38-20-39-30)40-22(2)24-8-6-9-26(28(24)34)33(35,36)23-10-15-41(18-21)16-11-23;1-2/h9-11,22,25-28H,4-8,12-21,23-24H2,1-3H3,(H,40,41,42);6,8-9,17,20-23H,3-5,7,10-16,18H2,1-2H3,(H,38,39,40);1-2H3/t27-;21?,22-;/m11./s1. The minimum Gasteiger partial charge on any atom is -0.364 e. The maximum Gasteiger partial charge on any atom is 0.278 e. The van der Waals surface area contributed by atoms with Gasteiger partial charge in [0.2, 0.25) is 0 Å². The number of halogens is 6. The Balaban J connectivity index is 0.000000212. The molecule has 6 aliphatic rings. The number of aryl methyl sites for hydroxylation is 2. The number of anilines is 3. The molecule has 0 radical (unpaired) electrons. The first kappa shape index (κ1) is 69.7. The molecule has 12 rings (SSSR count). The number of aromatic nitrogens is 6. The van der Waals surface area contributed by atoms with E-state index >= 15 is 17.6 Å². The molecule has 4 fully saturated rings. The molecule has 2 N–H and O–H groups in total. The third-order valence-corrected chi connectivity index (χ3v) is 19.9. The van der Waals surface area contributed by atoms with Crippen molar-refractivity contribution in [1.82, 2.24) is 43.8 Å². The SMILES string of the molecule is CC.CC(C)N1CCN(c2cc3c(N[C@H](C)c4cccc(CF)c4F)ncnc3n(CCCCCCCN3CCC(CF)CC3)c2=O)CC1.CC1CCCCCn2c(=O)c(C3(C#N)CC3)cc3c(ncnc32)N[C@H](C)c2cccc(c2F)C(F)(F)C2CCN(CC2)C1. The Hall–Kier alpha value is -6.63. The number of likely N-dealkylation sites (tertiary alicyclic amines) is 1. The van der Waals surface area contributed by atoms with Crippen molar-refractivity contribution in [3.8, 4) is 6.07 Å². The average molecular weight is 1280 g/mol. The lowest BCUT2D eigenvalue weighted by Gasteiger charge is -2.38. The number of nitrogens with zero attached hydrogens (tertiary/aromatic N) is 11.